The van der Waals surface area contributed by atoms with Crippen LogP contribution in [0.15, 0.2) is 10.6 Å². The summed E-state index contributed by atoms with van der Waals surface area (Å²) in [5, 5.41) is 3.88. The summed E-state index contributed by atoms with van der Waals surface area (Å²) in [5.41, 5.74) is 8.28. The van der Waals surface area contributed by atoms with Crippen LogP contribution in [-0.2, 0) is 6.42 Å². The first-order valence-electron chi connectivity index (χ1n) is 5.18. The number of hydrogen-bond acceptors (Lipinski definition) is 5. The van der Waals surface area contributed by atoms with E-state index in [0.29, 0.717) is 17.4 Å². The minimum atomic E-state index is 0.474. The third-order valence-electron chi connectivity index (χ3n) is 2.42. The first-order chi connectivity index (χ1) is 7.61. The Balaban J connectivity index is 2.60. The zero-order valence-corrected chi connectivity index (χ0v) is 9.61. The molecule has 16 heavy (non-hydrogen) atoms. The van der Waals surface area contributed by atoms with Crippen molar-refractivity contribution < 1.29 is 4.52 Å². The molecular weight excluding hydrogens is 204 g/mol. The molecular formula is C11H14N4O. The third kappa shape index (κ3) is 1.76. The molecule has 0 aliphatic rings. The number of nitrogens with two attached hydrogens (primary N) is 1. The van der Waals surface area contributed by atoms with Crippen LogP contribution in [0.25, 0.3) is 11.4 Å². The average Bonchev–Trinajstić information content (AvgIpc) is 2.57. The fourth-order valence-corrected chi connectivity index (χ4v) is 1.61. The van der Waals surface area contributed by atoms with Gasteiger partial charge in [0.1, 0.15) is 11.6 Å². The van der Waals surface area contributed by atoms with Crippen LogP contribution < -0.4 is 5.73 Å². The molecule has 2 aromatic heterocycles. The number of aryl methyl sites for hydroxylation is 3. The predicted octanol–water partition coefficient (Wildman–Crippen LogP) is 1.89. The van der Waals surface area contributed by atoms with E-state index in [1.807, 2.05) is 20.8 Å². The highest BCUT2D eigenvalue weighted by atomic mass is 16.5. The van der Waals surface area contributed by atoms with Gasteiger partial charge in [0.2, 0.25) is 0 Å². The molecule has 0 bridgehead atoms. The van der Waals surface area contributed by atoms with E-state index in [9.17, 15) is 0 Å². The lowest BCUT2D eigenvalue weighted by molar-refractivity contribution is 0.393. The number of nitrogen functional groups attached to an aromatic ring is 1. The molecule has 0 atom stereocenters. The van der Waals surface area contributed by atoms with E-state index < -0.39 is 0 Å². The zero-order valence-electron chi connectivity index (χ0n) is 9.61. The summed E-state index contributed by atoms with van der Waals surface area (Å²) in [4.78, 5) is 8.64. The van der Waals surface area contributed by atoms with Crippen LogP contribution in [0.4, 0.5) is 5.82 Å². The van der Waals surface area contributed by atoms with Crippen LogP contribution >= 0.6 is 0 Å². The van der Waals surface area contributed by atoms with E-state index in [2.05, 4.69) is 15.1 Å². The van der Waals surface area contributed by atoms with E-state index in [1.165, 1.54) is 0 Å². The maximum atomic E-state index is 5.74. The Hall–Kier alpha value is -1.91. The molecule has 0 aromatic carbocycles. The van der Waals surface area contributed by atoms with Gasteiger partial charge in [0.25, 0.3) is 0 Å². The van der Waals surface area contributed by atoms with Crippen molar-refractivity contribution in [3.05, 3.63) is 23.2 Å². The molecule has 0 radical (unpaired) electrons. The number of hydrogen-bond donors (Lipinski definition) is 1. The average molecular weight is 218 g/mol. The van der Waals surface area contributed by atoms with Crippen LogP contribution in [0.2, 0.25) is 0 Å². The maximum Gasteiger partial charge on any atom is 0.167 e. The van der Waals surface area contributed by atoms with Gasteiger partial charge in [-0.3, -0.25) is 0 Å². The van der Waals surface area contributed by atoms with Crippen molar-refractivity contribution in [1.29, 1.82) is 0 Å². The monoisotopic (exact) mass is 218 g/mol. The molecule has 2 rings (SSSR count). The minimum absolute atomic E-state index is 0.474. The molecule has 2 N–H and O–H groups in total. The van der Waals surface area contributed by atoms with E-state index in [0.717, 1.165) is 23.4 Å². The SMILES string of the molecule is CCc1cc(N)nc(-c2c(C)noc2C)n1. The van der Waals surface area contributed by atoms with Gasteiger partial charge in [0, 0.05) is 11.8 Å². The van der Waals surface area contributed by atoms with Crippen molar-refractivity contribution in [3.8, 4) is 11.4 Å². The Bertz CT molecular complexity index is 499. The molecule has 0 spiro atoms. The fraction of sp³-hybridized carbons (Fsp3) is 0.364. The van der Waals surface area contributed by atoms with Crippen LogP contribution in [0.1, 0.15) is 24.1 Å². The summed E-state index contributed by atoms with van der Waals surface area (Å²) in [6, 6.07) is 1.78. The normalized spacial score (nSPS) is 10.7. The quantitative estimate of drug-likeness (QED) is 0.832. The number of aromatic nitrogens is 3. The van der Waals surface area contributed by atoms with Gasteiger partial charge in [-0.1, -0.05) is 12.1 Å². The zero-order chi connectivity index (χ0) is 11.7. The molecule has 0 aliphatic carbocycles. The van der Waals surface area contributed by atoms with E-state index in [4.69, 9.17) is 10.3 Å². The van der Waals surface area contributed by atoms with Crippen LogP contribution in [0, 0.1) is 13.8 Å². The Morgan fingerprint density at radius 2 is 2.06 bits per heavy atom. The van der Waals surface area contributed by atoms with E-state index >= 15 is 0 Å². The van der Waals surface area contributed by atoms with Gasteiger partial charge in [0.05, 0.1) is 11.3 Å². The molecule has 0 saturated carbocycles. The molecule has 0 saturated heterocycles. The van der Waals surface area contributed by atoms with Crippen molar-refractivity contribution in [2.45, 2.75) is 27.2 Å². The second kappa shape index (κ2) is 3.92. The molecule has 0 aliphatic heterocycles. The molecule has 84 valence electrons. The topological polar surface area (TPSA) is 77.8 Å². The molecule has 0 fully saturated rings. The third-order valence-corrected chi connectivity index (χ3v) is 2.42. The summed E-state index contributed by atoms with van der Waals surface area (Å²) in [6.07, 6.45) is 0.823. The molecule has 5 nitrogen and oxygen atoms in total. The second-order valence-electron chi connectivity index (χ2n) is 3.66. The van der Waals surface area contributed by atoms with Gasteiger partial charge >= 0.3 is 0 Å². The van der Waals surface area contributed by atoms with Crippen molar-refractivity contribution >= 4 is 5.82 Å². The molecule has 0 amide bonds. The lowest BCUT2D eigenvalue weighted by Gasteiger charge is -2.03. The van der Waals surface area contributed by atoms with Gasteiger partial charge in [0.15, 0.2) is 5.82 Å². The number of anilines is 1. The lowest BCUT2D eigenvalue weighted by Crippen LogP contribution is -2.00. The van der Waals surface area contributed by atoms with Crippen LogP contribution in [-0.4, -0.2) is 15.1 Å². The molecule has 2 aromatic rings. The molecule has 2 heterocycles. The van der Waals surface area contributed by atoms with Crippen LogP contribution in [0.3, 0.4) is 0 Å². The van der Waals surface area contributed by atoms with Gasteiger partial charge in [-0.05, 0) is 20.3 Å². The fourth-order valence-electron chi connectivity index (χ4n) is 1.61. The summed E-state index contributed by atoms with van der Waals surface area (Å²) < 4.78 is 5.09. The van der Waals surface area contributed by atoms with Crippen molar-refractivity contribution in [2.75, 3.05) is 5.73 Å². The Kier molecular flexibility index (Phi) is 2.60. The minimum Gasteiger partial charge on any atom is -0.384 e. The highest BCUT2D eigenvalue weighted by molar-refractivity contribution is 5.61. The highest BCUT2D eigenvalue weighted by Crippen LogP contribution is 2.24. The highest BCUT2D eigenvalue weighted by Gasteiger charge is 2.15. The summed E-state index contributed by atoms with van der Waals surface area (Å²) in [5.74, 6) is 1.78. The largest absolute Gasteiger partial charge is 0.384 e. The Morgan fingerprint density at radius 1 is 1.31 bits per heavy atom. The smallest absolute Gasteiger partial charge is 0.167 e. The maximum absolute atomic E-state index is 5.74. The van der Waals surface area contributed by atoms with Gasteiger partial charge in [-0.2, -0.15) is 0 Å². The Morgan fingerprint density at radius 3 is 2.62 bits per heavy atom. The first kappa shape index (κ1) is 10.6. The van der Waals surface area contributed by atoms with E-state index in [1.54, 1.807) is 6.07 Å². The van der Waals surface area contributed by atoms with Crippen LogP contribution in [0.5, 0.6) is 0 Å². The summed E-state index contributed by atoms with van der Waals surface area (Å²) in [7, 11) is 0. The molecule has 5 heteroatoms. The molecule has 0 unspecified atom stereocenters. The van der Waals surface area contributed by atoms with Crippen molar-refractivity contribution in [2.24, 2.45) is 0 Å². The Labute approximate surface area is 93.7 Å². The van der Waals surface area contributed by atoms with E-state index in [-0.39, 0.29) is 0 Å². The van der Waals surface area contributed by atoms with Gasteiger partial charge in [-0.25, -0.2) is 9.97 Å². The van der Waals surface area contributed by atoms with Gasteiger partial charge in [-0.15, -0.1) is 0 Å². The lowest BCUT2D eigenvalue weighted by atomic mass is 10.2. The van der Waals surface area contributed by atoms with Gasteiger partial charge < -0.3 is 10.3 Å². The second-order valence-corrected chi connectivity index (χ2v) is 3.66. The predicted molar refractivity (Wildman–Crippen MR) is 60.8 cm³/mol. The van der Waals surface area contributed by atoms with Crippen molar-refractivity contribution in [3.63, 3.8) is 0 Å². The first-order valence-corrected chi connectivity index (χ1v) is 5.18. The van der Waals surface area contributed by atoms with Crippen molar-refractivity contribution in [1.82, 2.24) is 15.1 Å². The number of rotatable bonds is 2. The standard InChI is InChI=1S/C11H14N4O/c1-4-8-5-9(12)14-11(13-8)10-6(2)15-16-7(10)3/h5H,4H2,1-3H3,(H2,12,13,14). The number of nitrogens with zero attached hydrogens (tertiary/aromatic N) is 3. The summed E-state index contributed by atoms with van der Waals surface area (Å²) >= 11 is 0. The summed E-state index contributed by atoms with van der Waals surface area (Å²) in [6.45, 7) is 5.73.